The molecule has 0 radical (unpaired) electrons. The largest absolute Gasteiger partial charge is 0.352 e. The van der Waals surface area contributed by atoms with Crippen molar-refractivity contribution in [1.82, 2.24) is 10.2 Å². The molecule has 0 saturated heterocycles. The lowest BCUT2D eigenvalue weighted by Crippen LogP contribution is -2.43. The molecule has 8 nitrogen and oxygen atoms in total. The Hall–Kier alpha value is -2.77. The van der Waals surface area contributed by atoms with Crippen LogP contribution in [0.2, 0.25) is 0 Å². The highest BCUT2D eigenvalue weighted by molar-refractivity contribution is 6.24. The number of carbonyl (C=O) groups is 3. The molecular weight excluding hydrogens is 338 g/mol. The fourth-order valence-electron chi connectivity index (χ4n) is 3.02. The minimum atomic E-state index is -0.803. The molecule has 0 aliphatic carbocycles. The maximum absolute atomic E-state index is 12.4. The molecule has 0 saturated carbocycles. The Morgan fingerprint density at radius 2 is 1.96 bits per heavy atom. The van der Waals surface area contributed by atoms with Crippen molar-refractivity contribution in [2.45, 2.75) is 52.0 Å². The van der Waals surface area contributed by atoms with E-state index in [9.17, 15) is 24.5 Å². The first kappa shape index (κ1) is 19.6. The summed E-state index contributed by atoms with van der Waals surface area (Å²) < 4.78 is 0. The van der Waals surface area contributed by atoms with Gasteiger partial charge in [0.1, 0.15) is 12.1 Å². The highest BCUT2D eigenvalue weighted by Gasteiger charge is 2.41. The molecule has 140 valence electrons. The SMILES string of the molecule is CCCCCC[C@H](C)NC(=O)CN1C(=O)c2cccc([N+](=O)[O-])c2C1=O. The maximum Gasteiger partial charge on any atom is 0.282 e. The zero-order valence-electron chi connectivity index (χ0n) is 15.0. The number of nitro benzene ring substituents is 1. The molecule has 1 atom stereocenters. The first-order chi connectivity index (χ1) is 12.4. The van der Waals surface area contributed by atoms with Gasteiger partial charge in [0.05, 0.1) is 10.5 Å². The molecule has 1 N–H and O–H groups in total. The lowest BCUT2D eigenvalue weighted by molar-refractivity contribution is -0.385. The van der Waals surface area contributed by atoms with Crippen molar-refractivity contribution in [2.24, 2.45) is 0 Å². The van der Waals surface area contributed by atoms with Crippen LogP contribution in [0.3, 0.4) is 0 Å². The van der Waals surface area contributed by atoms with Gasteiger partial charge in [-0.1, -0.05) is 38.7 Å². The normalized spacial score (nSPS) is 14.3. The minimum absolute atomic E-state index is 0.0374. The quantitative estimate of drug-likeness (QED) is 0.315. The number of nitro groups is 1. The first-order valence-electron chi connectivity index (χ1n) is 8.79. The Morgan fingerprint density at radius 1 is 1.23 bits per heavy atom. The van der Waals surface area contributed by atoms with Crippen LogP contribution in [-0.2, 0) is 4.79 Å². The standard InChI is InChI=1S/C18H23N3O5/c1-3-4-5-6-8-12(2)19-15(22)11-20-17(23)13-9-7-10-14(21(25)26)16(13)18(20)24/h7,9-10,12H,3-6,8,11H2,1-2H3,(H,19,22)/t12-/m0/s1. The number of unbranched alkanes of at least 4 members (excludes halogenated alkanes) is 3. The number of benzene rings is 1. The van der Waals surface area contributed by atoms with Crippen LogP contribution in [0.1, 0.15) is 66.7 Å². The third-order valence-electron chi connectivity index (χ3n) is 4.37. The Balaban J connectivity index is 1.99. The van der Waals surface area contributed by atoms with Crippen molar-refractivity contribution in [3.05, 3.63) is 39.4 Å². The minimum Gasteiger partial charge on any atom is -0.352 e. The number of hydrogen-bond donors (Lipinski definition) is 1. The second kappa shape index (κ2) is 8.55. The van der Waals surface area contributed by atoms with E-state index >= 15 is 0 Å². The maximum atomic E-state index is 12.4. The highest BCUT2D eigenvalue weighted by atomic mass is 16.6. The molecule has 0 unspecified atom stereocenters. The van der Waals surface area contributed by atoms with Gasteiger partial charge in [-0.05, 0) is 19.4 Å². The van der Waals surface area contributed by atoms with E-state index in [4.69, 9.17) is 0 Å². The van der Waals surface area contributed by atoms with Crippen molar-refractivity contribution in [2.75, 3.05) is 6.54 Å². The molecule has 0 spiro atoms. The number of fused-ring (bicyclic) bond motifs is 1. The summed E-state index contributed by atoms with van der Waals surface area (Å²) in [6, 6.07) is 3.82. The van der Waals surface area contributed by atoms with E-state index in [0.29, 0.717) is 0 Å². The fraction of sp³-hybridized carbons (Fsp3) is 0.500. The Bertz CT molecular complexity index is 732. The Kier molecular flexibility index (Phi) is 6.43. The molecule has 26 heavy (non-hydrogen) atoms. The van der Waals surface area contributed by atoms with Gasteiger partial charge in [-0.2, -0.15) is 0 Å². The van der Waals surface area contributed by atoms with Crippen molar-refractivity contribution < 1.29 is 19.3 Å². The number of rotatable bonds is 9. The predicted octanol–water partition coefficient (Wildman–Crippen LogP) is 2.67. The van der Waals surface area contributed by atoms with Crippen molar-refractivity contribution >= 4 is 23.4 Å². The summed E-state index contributed by atoms with van der Waals surface area (Å²) in [5, 5.41) is 13.8. The zero-order chi connectivity index (χ0) is 19.3. The third kappa shape index (κ3) is 4.25. The Morgan fingerprint density at radius 3 is 2.62 bits per heavy atom. The smallest absolute Gasteiger partial charge is 0.282 e. The summed E-state index contributed by atoms with van der Waals surface area (Å²) in [5.41, 5.74) is -0.708. The van der Waals surface area contributed by atoms with Crippen LogP contribution in [0, 0.1) is 10.1 Å². The van der Waals surface area contributed by atoms with Gasteiger partial charge in [0.2, 0.25) is 5.91 Å². The van der Waals surface area contributed by atoms with Crippen molar-refractivity contribution in [1.29, 1.82) is 0 Å². The van der Waals surface area contributed by atoms with Gasteiger partial charge in [-0.25, -0.2) is 0 Å². The van der Waals surface area contributed by atoms with Crippen LogP contribution >= 0.6 is 0 Å². The number of amides is 3. The van der Waals surface area contributed by atoms with E-state index in [1.807, 2.05) is 6.92 Å². The summed E-state index contributed by atoms with van der Waals surface area (Å²) in [6.45, 7) is 3.55. The summed E-state index contributed by atoms with van der Waals surface area (Å²) >= 11 is 0. The average molecular weight is 361 g/mol. The van der Waals surface area contributed by atoms with Gasteiger partial charge >= 0.3 is 0 Å². The third-order valence-corrected chi connectivity index (χ3v) is 4.37. The molecule has 1 heterocycles. The van der Waals surface area contributed by atoms with Gasteiger partial charge in [-0.15, -0.1) is 0 Å². The zero-order valence-corrected chi connectivity index (χ0v) is 15.0. The molecule has 0 fully saturated rings. The summed E-state index contributed by atoms with van der Waals surface area (Å²) in [7, 11) is 0. The Labute approximate surface area is 151 Å². The van der Waals surface area contributed by atoms with Crippen molar-refractivity contribution in [3.8, 4) is 0 Å². The highest BCUT2D eigenvalue weighted by Crippen LogP contribution is 2.30. The lowest BCUT2D eigenvalue weighted by atomic mass is 10.1. The van der Waals surface area contributed by atoms with Crippen molar-refractivity contribution in [3.63, 3.8) is 0 Å². The van der Waals surface area contributed by atoms with E-state index < -0.39 is 34.9 Å². The van der Waals surface area contributed by atoms with Gasteiger partial charge in [0.25, 0.3) is 17.5 Å². The van der Waals surface area contributed by atoms with Crippen LogP contribution in [0.25, 0.3) is 0 Å². The molecule has 1 aliphatic rings. The second-order valence-corrected chi connectivity index (χ2v) is 6.47. The molecule has 1 aromatic carbocycles. The molecule has 1 aliphatic heterocycles. The van der Waals surface area contributed by atoms with E-state index in [-0.39, 0.29) is 17.2 Å². The van der Waals surface area contributed by atoms with Gasteiger partial charge in [0.15, 0.2) is 0 Å². The van der Waals surface area contributed by atoms with E-state index in [0.717, 1.165) is 37.0 Å². The van der Waals surface area contributed by atoms with Crippen LogP contribution in [0.5, 0.6) is 0 Å². The van der Waals surface area contributed by atoms with E-state index in [2.05, 4.69) is 12.2 Å². The lowest BCUT2D eigenvalue weighted by Gasteiger charge is -2.17. The number of carbonyl (C=O) groups excluding carboxylic acids is 3. The predicted molar refractivity (Wildman–Crippen MR) is 94.8 cm³/mol. The van der Waals surface area contributed by atoms with Gasteiger partial charge in [0, 0.05) is 12.1 Å². The van der Waals surface area contributed by atoms with E-state index in [1.165, 1.54) is 18.2 Å². The number of hydrogen-bond acceptors (Lipinski definition) is 5. The first-order valence-corrected chi connectivity index (χ1v) is 8.79. The monoisotopic (exact) mass is 361 g/mol. The average Bonchev–Trinajstić information content (AvgIpc) is 2.83. The topological polar surface area (TPSA) is 110 Å². The summed E-state index contributed by atoms with van der Waals surface area (Å²) in [4.78, 5) is 48.1. The molecule has 2 rings (SSSR count). The van der Waals surface area contributed by atoms with Crippen LogP contribution in [-0.4, -0.2) is 40.1 Å². The molecule has 3 amide bonds. The molecular formula is C18H23N3O5. The molecule has 1 aromatic rings. The molecule has 8 heteroatoms. The summed E-state index contributed by atoms with van der Waals surface area (Å²) in [6.07, 6.45) is 5.19. The van der Waals surface area contributed by atoms with Gasteiger partial charge in [-0.3, -0.25) is 29.4 Å². The van der Waals surface area contributed by atoms with E-state index in [1.54, 1.807) is 0 Å². The van der Waals surface area contributed by atoms with Crippen LogP contribution < -0.4 is 5.32 Å². The number of nitrogens with zero attached hydrogens (tertiary/aromatic N) is 2. The number of imide groups is 1. The molecule has 0 aromatic heterocycles. The second-order valence-electron chi connectivity index (χ2n) is 6.47. The number of nitrogens with one attached hydrogen (secondary N) is 1. The summed E-state index contributed by atoms with van der Waals surface area (Å²) in [5.74, 6) is -1.94. The van der Waals surface area contributed by atoms with Crippen LogP contribution in [0.4, 0.5) is 5.69 Å². The fourth-order valence-corrected chi connectivity index (χ4v) is 3.02. The van der Waals surface area contributed by atoms with Gasteiger partial charge < -0.3 is 5.32 Å². The van der Waals surface area contributed by atoms with Crippen LogP contribution in [0.15, 0.2) is 18.2 Å². The molecule has 0 bridgehead atoms.